The molecule has 1 aromatic heterocycles. The van der Waals surface area contributed by atoms with Gasteiger partial charge in [0.05, 0.1) is 11.3 Å². The van der Waals surface area contributed by atoms with Gasteiger partial charge in [-0.25, -0.2) is 0 Å². The van der Waals surface area contributed by atoms with Crippen LogP contribution in [-0.4, -0.2) is 53.8 Å². The number of piperidine rings is 1. The van der Waals surface area contributed by atoms with Crippen LogP contribution in [0.4, 0.5) is 5.82 Å². The summed E-state index contributed by atoms with van der Waals surface area (Å²) in [6.07, 6.45) is 2.34. The smallest absolute Gasteiger partial charge is 0.161 e. The molecule has 0 bridgehead atoms. The fourth-order valence-corrected chi connectivity index (χ4v) is 3.20. The molecule has 0 atom stereocenters. The van der Waals surface area contributed by atoms with Crippen LogP contribution in [0.25, 0.3) is 0 Å². The van der Waals surface area contributed by atoms with Gasteiger partial charge in [0.2, 0.25) is 0 Å². The summed E-state index contributed by atoms with van der Waals surface area (Å²) in [6, 6.07) is 0. The normalized spacial score (nSPS) is 16.5. The number of aryl methyl sites for hydroxylation is 1. The van der Waals surface area contributed by atoms with E-state index in [0.717, 1.165) is 48.2 Å². The third kappa shape index (κ3) is 3.68. The van der Waals surface area contributed by atoms with Gasteiger partial charge in [-0.1, -0.05) is 12.2 Å². The molecule has 5 nitrogen and oxygen atoms in total. The number of nitrogens with zero attached hydrogens (tertiary/aromatic N) is 4. The predicted octanol–water partition coefficient (Wildman–Crippen LogP) is 1.51. The van der Waals surface area contributed by atoms with Crippen LogP contribution in [0.1, 0.15) is 29.7 Å². The van der Waals surface area contributed by atoms with Crippen molar-refractivity contribution in [1.29, 1.82) is 0 Å². The molecule has 0 spiro atoms. The number of thiocarbonyl (C=S) groups is 1. The van der Waals surface area contributed by atoms with Crippen molar-refractivity contribution in [3.8, 4) is 0 Å². The molecular weight excluding hydrogens is 282 g/mol. The van der Waals surface area contributed by atoms with Gasteiger partial charge in [0.15, 0.2) is 5.82 Å². The number of aromatic nitrogens is 2. The van der Waals surface area contributed by atoms with E-state index in [9.17, 15) is 0 Å². The first-order chi connectivity index (χ1) is 9.90. The molecular formula is C15H25N5S. The highest BCUT2D eigenvalue weighted by molar-refractivity contribution is 7.80. The van der Waals surface area contributed by atoms with Gasteiger partial charge in [-0.15, -0.1) is 5.10 Å². The molecule has 0 aromatic carbocycles. The highest BCUT2D eigenvalue weighted by Gasteiger charge is 2.24. The van der Waals surface area contributed by atoms with E-state index in [1.165, 1.54) is 12.8 Å². The fraction of sp³-hybridized carbons (Fsp3) is 0.667. The molecule has 116 valence electrons. The summed E-state index contributed by atoms with van der Waals surface area (Å²) >= 11 is 5.22. The third-order valence-electron chi connectivity index (χ3n) is 4.22. The van der Waals surface area contributed by atoms with Crippen LogP contribution >= 0.6 is 12.2 Å². The highest BCUT2D eigenvalue weighted by Crippen LogP contribution is 2.27. The fourth-order valence-electron chi connectivity index (χ4n) is 2.96. The molecule has 6 heteroatoms. The van der Waals surface area contributed by atoms with Gasteiger partial charge in [-0.2, -0.15) is 5.10 Å². The minimum Gasteiger partial charge on any atom is -0.389 e. The van der Waals surface area contributed by atoms with Crippen LogP contribution in [0, 0.1) is 19.8 Å². The average Bonchev–Trinajstić information content (AvgIpc) is 2.41. The van der Waals surface area contributed by atoms with Crippen molar-refractivity contribution in [3.05, 3.63) is 16.8 Å². The van der Waals surface area contributed by atoms with Crippen molar-refractivity contribution in [1.82, 2.24) is 15.1 Å². The van der Waals surface area contributed by atoms with Crippen molar-refractivity contribution in [3.63, 3.8) is 0 Å². The molecule has 0 amide bonds. The molecule has 0 saturated carbocycles. The lowest BCUT2D eigenvalue weighted by Crippen LogP contribution is -2.39. The first-order valence-electron chi connectivity index (χ1n) is 7.43. The van der Waals surface area contributed by atoms with Gasteiger partial charge < -0.3 is 15.5 Å². The second-order valence-corrected chi connectivity index (χ2v) is 6.61. The molecule has 0 unspecified atom stereocenters. The maximum atomic E-state index is 5.91. The van der Waals surface area contributed by atoms with Crippen LogP contribution in [0.15, 0.2) is 0 Å². The van der Waals surface area contributed by atoms with E-state index in [1.54, 1.807) is 0 Å². The Bertz CT molecular complexity index is 521. The van der Waals surface area contributed by atoms with E-state index in [-0.39, 0.29) is 0 Å². The van der Waals surface area contributed by atoms with Crippen molar-refractivity contribution >= 4 is 23.0 Å². The van der Waals surface area contributed by atoms with Crippen LogP contribution in [0.3, 0.4) is 0 Å². The van der Waals surface area contributed by atoms with E-state index in [0.29, 0.717) is 4.99 Å². The quantitative estimate of drug-likeness (QED) is 0.851. The Balaban J connectivity index is 2.17. The van der Waals surface area contributed by atoms with E-state index in [4.69, 9.17) is 18.0 Å². The zero-order valence-corrected chi connectivity index (χ0v) is 14.2. The topological polar surface area (TPSA) is 58.3 Å². The van der Waals surface area contributed by atoms with E-state index < -0.39 is 0 Å². The zero-order chi connectivity index (χ0) is 15.6. The lowest BCUT2D eigenvalue weighted by Gasteiger charge is -2.34. The Kier molecular flexibility index (Phi) is 5.11. The highest BCUT2D eigenvalue weighted by atomic mass is 32.1. The lowest BCUT2D eigenvalue weighted by atomic mass is 9.96. The Morgan fingerprint density at radius 2 is 1.90 bits per heavy atom. The molecule has 2 N–H and O–H groups in total. The molecule has 1 aliphatic rings. The summed E-state index contributed by atoms with van der Waals surface area (Å²) in [5.41, 5.74) is 8.74. The predicted molar refractivity (Wildman–Crippen MR) is 90.9 cm³/mol. The number of anilines is 1. The summed E-state index contributed by atoms with van der Waals surface area (Å²) in [5.74, 6) is 1.61. The van der Waals surface area contributed by atoms with Crippen molar-refractivity contribution in [2.24, 2.45) is 11.7 Å². The maximum absolute atomic E-state index is 5.91. The monoisotopic (exact) mass is 307 g/mol. The number of nitrogens with two attached hydrogens (primary N) is 1. The SMILES string of the molecule is Cc1nnc(N2CCC(CN(C)C)CC2)c(C(N)=S)c1C. The lowest BCUT2D eigenvalue weighted by molar-refractivity contribution is 0.284. The molecule has 2 heterocycles. The van der Waals surface area contributed by atoms with E-state index in [1.807, 2.05) is 13.8 Å². The molecule has 1 aliphatic heterocycles. The van der Waals surface area contributed by atoms with Crippen molar-refractivity contribution in [2.75, 3.05) is 38.6 Å². The number of hydrogen-bond donors (Lipinski definition) is 1. The van der Waals surface area contributed by atoms with Crippen LogP contribution in [-0.2, 0) is 0 Å². The first-order valence-corrected chi connectivity index (χ1v) is 7.84. The van der Waals surface area contributed by atoms with Crippen molar-refractivity contribution < 1.29 is 0 Å². The van der Waals surface area contributed by atoms with Gasteiger partial charge in [-0.05, 0) is 52.3 Å². The Labute approximate surface area is 132 Å². The summed E-state index contributed by atoms with van der Waals surface area (Å²) in [4.78, 5) is 4.95. The van der Waals surface area contributed by atoms with Gasteiger partial charge in [0.1, 0.15) is 4.99 Å². The van der Waals surface area contributed by atoms with Crippen LogP contribution < -0.4 is 10.6 Å². The Morgan fingerprint density at radius 3 is 2.43 bits per heavy atom. The third-order valence-corrected chi connectivity index (χ3v) is 4.42. The minimum atomic E-state index is 0.413. The summed E-state index contributed by atoms with van der Waals surface area (Å²) < 4.78 is 0. The molecule has 1 saturated heterocycles. The van der Waals surface area contributed by atoms with Gasteiger partial charge >= 0.3 is 0 Å². The number of rotatable bonds is 4. The minimum absolute atomic E-state index is 0.413. The standard InChI is InChI=1S/C15H25N5S/c1-10-11(2)17-18-15(13(10)14(16)21)20-7-5-12(6-8-20)9-19(3)4/h12H,5-9H2,1-4H3,(H2,16,21). The largest absolute Gasteiger partial charge is 0.389 e. The first kappa shape index (κ1) is 16.1. The molecule has 0 radical (unpaired) electrons. The van der Waals surface area contributed by atoms with E-state index >= 15 is 0 Å². The second-order valence-electron chi connectivity index (χ2n) is 6.17. The zero-order valence-electron chi connectivity index (χ0n) is 13.4. The molecule has 21 heavy (non-hydrogen) atoms. The maximum Gasteiger partial charge on any atom is 0.161 e. The molecule has 0 aliphatic carbocycles. The van der Waals surface area contributed by atoms with Crippen molar-refractivity contribution in [2.45, 2.75) is 26.7 Å². The molecule has 1 aromatic rings. The van der Waals surface area contributed by atoms with Gasteiger partial charge in [0.25, 0.3) is 0 Å². The molecule has 1 fully saturated rings. The Hall–Kier alpha value is -1.27. The average molecular weight is 307 g/mol. The van der Waals surface area contributed by atoms with E-state index in [2.05, 4.69) is 34.1 Å². The summed E-state index contributed by atoms with van der Waals surface area (Å²) in [5, 5.41) is 8.62. The number of hydrogen-bond acceptors (Lipinski definition) is 5. The summed E-state index contributed by atoms with van der Waals surface area (Å²) in [6.45, 7) is 7.09. The second kappa shape index (κ2) is 6.66. The molecule has 2 rings (SSSR count). The summed E-state index contributed by atoms with van der Waals surface area (Å²) in [7, 11) is 4.26. The van der Waals surface area contributed by atoms with Gasteiger partial charge in [0, 0.05) is 19.6 Å². The van der Waals surface area contributed by atoms with Crippen LogP contribution in [0.5, 0.6) is 0 Å². The van der Waals surface area contributed by atoms with Crippen LogP contribution in [0.2, 0.25) is 0 Å². The van der Waals surface area contributed by atoms with Gasteiger partial charge in [-0.3, -0.25) is 0 Å². The Morgan fingerprint density at radius 1 is 1.29 bits per heavy atom.